The van der Waals surface area contributed by atoms with Crippen LogP contribution in [0, 0.1) is 5.92 Å². The fourth-order valence-electron chi connectivity index (χ4n) is 4.02. The van der Waals surface area contributed by atoms with Gasteiger partial charge in [-0.15, -0.1) is 0 Å². The molecule has 0 atom stereocenters. The Kier molecular flexibility index (Phi) is 7.49. The van der Waals surface area contributed by atoms with Gasteiger partial charge in [0, 0.05) is 59.3 Å². The molecule has 8 nitrogen and oxygen atoms in total. The van der Waals surface area contributed by atoms with Crippen LogP contribution in [0.25, 0.3) is 0 Å². The molecular formula is C21H32N4O4S. The first-order valence-electron chi connectivity index (χ1n) is 10.6. The third-order valence-corrected chi connectivity index (χ3v) is 7.85. The number of sulfonamides is 1. The molecule has 2 aliphatic heterocycles. The molecule has 0 N–H and O–H groups in total. The van der Waals surface area contributed by atoms with Crippen molar-refractivity contribution >= 4 is 21.8 Å². The Balaban J connectivity index is 1.52. The smallest absolute Gasteiger partial charge is 0.243 e. The van der Waals surface area contributed by atoms with Crippen molar-refractivity contribution in [1.82, 2.24) is 19.0 Å². The Hall–Kier alpha value is -1.97. The van der Waals surface area contributed by atoms with E-state index < -0.39 is 10.0 Å². The normalized spacial score (nSPS) is 20.0. The van der Waals surface area contributed by atoms with Gasteiger partial charge in [0.1, 0.15) is 0 Å². The van der Waals surface area contributed by atoms with Gasteiger partial charge in [0.25, 0.3) is 0 Å². The number of piperidine rings is 1. The molecule has 166 valence electrons. The van der Waals surface area contributed by atoms with Crippen LogP contribution in [-0.4, -0.2) is 99.1 Å². The Bertz CT molecular complexity index is 836. The van der Waals surface area contributed by atoms with E-state index in [9.17, 15) is 18.0 Å². The van der Waals surface area contributed by atoms with Crippen LogP contribution in [0.3, 0.4) is 0 Å². The summed E-state index contributed by atoms with van der Waals surface area (Å²) in [6, 6.07) is 8.45. The Morgan fingerprint density at radius 3 is 2.27 bits per heavy atom. The highest BCUT2D eigenvalue weighted by molar-refractivity contribution is 7.89. The van der Waals surface area contributed by atoms with Crippen LogP contribution in [0.1, 0.15) is 19.3 Å². The molecule has 2 aliphatic rings. The predicted octanol–water partition coefficient (Wildman–Crippen LogP) is 0.710. The number of likely N-dealkylation sites (N-methyl/N-ethyl adjacent to an activating group) is 1. The first kappa shape index (κ1) is 22.7. The van der Waals surface area contributed by atoms with E-state index in [1.54, 1.807) is 49.3 Å². The molecule has 30 heavy (non-hydrogen) atoms. The molecule has 3 rings (SSSR count). The second kappa shape index (κ2) is 9.89. The number of nitrogens with zero attached hydrogens (tertiary/aromatic N) is 4. The summed E-state index contributed by atoms with van der Waals surface area (Å²) in [5.41, 5.74) is 0. The Labute approximate surface area is 179 Å². The van der Waals surface area contributed by atoms with Crippen LogP contribution in [-0.2, 0) is 19.6 Å². The number of carbonyl (C=O) groups excluding carboxylic acids is 2. The largest absolute Gasteiger partial charge is 0.348 e. The molecular weight excluding hydrogens is 404 g/mol. The van der Waals surface area contributed by atoms with Gasteiger partial charge in [-0.05, 0) is 31.4 Å². The highest BCUT2D eigenvalue weighted by Crippen LogP contribution is 2.25. The lowest BCUT2D eigenvalue weighted by atomic mass is 9.96. The Morgan fingerprint density at radius 1 is 0.967 bits per heavy atom. The third kappa shape index (κ3) is 5.39. The van der Waals surface area contributed by atoms with Crippen LogP contribution in [0.5, 0.6) is 0 Å². The summed E-state index contributed by atoms with van der Waals surface area (Å²) in [4.78, 5) is 30.9. The van der Waals surface area contributed by atoms with E-state index in [1.165, 1.54) is 4.31 Å². The first-order chi connectivity index (χ1) is 14.3. The van der Waals surface area contributed by atoms with Gasteiger partial charge < -0.3 is 9.80 Å². The van der Waals surface area contributed by atoms with Gasteiger partial charge in [-0.3, -0.25) is 14.5 Å². The number of benzene rings is 1. The molecule has 0 saturated carbocycles. The lowest BCUT2D eigenvalue weighted by molar-refractivity contribution is -0.136. The van der Waals surface area contributed by atoms with Gasteiger partial charge in [-0.1, -0.05) is 18.2 Å². The minimum absolute atomic E-state index is 0.0711. The van der Waals surface area contributed by atoms with Crippen LogP contribution in [0.2, 0.25) is 0 Å². The van der Waals surface area contributed by atoms with Crippen molar-refractivity contribution in [3.8, 4) is 0 Å². The van der Waals surface area contributed by atoms with Crippen LogP contribution < -0.4 is 0 Å². The maximum atomic E-state index is 13.0. The minimum atomic E-state index is -3.50. The molecule has 0 bridgehead atoms. The maximum absolute atomic E-state index is 13.0. The fraction of sp³-hybridized carbons (Fsp3) is 0.619. The van der Waals surface area contributed by atoms with Crippen molar-refractivity contribution in [3.05, 3.63) is 30.3 Å². The van der Waals surface area contributed by atoms with E-state index >= 15 is 0 Å². The molecule has 0 unspecified atom stereocenters. The van der Waals surface area contributed by atoms with Gasteiger partial charge in [0.05, 0.1) is 11.4 Å². The third-order valence-electron chi connectivity index (χ3n) is 5.94. The summed E-state index contributed by atoms with van der Waals surface area (Å²) in [7, 11) is -0.00124. The number of hydrogen-bond donors (Lipinski definition) is 0. The molecule has 0 radical (unpaired) electrons. The second-order valence-corrected chi connectivity index (χ2v) is 10.2. The number of carbonyl (C=O) groups is 2. The van der Waals surface area contributed by atoms with Gasteiger partial charge in [0.2, 0.25) is 21.8 Å². The van der Waals surface area contributed by atoms with E-state index in [4.69, 9.17) is 0 Å². The molecule has 9 heteroatoms. The van der Waals surface area contributed by atoms with E-state index in [0.717, 1.165) is 13.0 Å². The zero-order valence-electron chi connectivity index (χ0n) is 17.9. The van der Waals surface area contributed by atoms with Gasteiger partial charge in [-0.25, -0.2) is 8.42 Å². The topological polar surface area (TPSA) is 81.2 Å². The molecule has 1 aromatic rings. The minimum Gasteiger partial charge on any atom is -0.348 e. The van der Waals surface area contributed by atoms with Gasteiger partial charge >= 0.3 is 0 Å². The molecule has 0 aromatic heterocycles. The van der Waals surface area contributed by atoms with Gasteiger partial charge in [0.15, 0.2) is 0 Å². The molecule has 2 fully saturated rings. The zero-order chi connectivity index (χ0) is 21.7. The molecule has 1 aromatic carbocycles. The Morgan fingerprint density at radius 2 is 1.63 bits per heavy atom. The summed E-state index contributed by atoms with van der Waals surface area (Å²) in [6.07, 6.45) is 1.93. The van der Waals surface area contributed by atoms with E-state index in [2.05, 4.69) is 4.90 Å². The van der Waals surface area contributed by atoms with E-state index in [1.807, 2.05) is 4.90 Å². The molecule has 0 aliphatic carbocycles. The first-order valence-corrected chi connectivity index (χ1v) is 12.0. The monoisotopic (exact) mass is 436 g/mol. The standard InChI is InChI=1S/C21H32N4O4S/c1-22(2)20(26)17-23-11-6-12-24(16-15-23)21(27)18-9-13-25(14-10-18)30(28,29)19-7-4-3-5-8-19/h3-5,7-8,18H,6,9-17H2,1-2H3. The molecule has 2 saturated heterocycles. The zero-order valence-corrected chi connectivity index (χ0v) is 18.7. The van der Waals surface area contributed by atoms with Crippen molar-refractivity contribution in [2.24, 2.45) is 5.92 Å². The number of amides is 2. The molecule has 2 amide bonds. The van der Waals surface area contributed by atoms with Crippen LogP contribution in [0.4, 0.5) is 0 Å². The SMILES string of the molecule is CN(C)C(=O)CN1CCCN(C(=O)C2CCN(S(=O)(=O)c3ccccc3)CC2)CC1. The average molecular weight is 437 g/mol. The average Bonchev–Trinajstić information content (AvgIpc) is 2.99. The summed E-state index contributed by atoms with van der Waals surface area (Å²) in [5, 5.41) is 0. The molecule has 2 heterocycles. The van der Waals surface area contributed by atoms with Gasteiger partial charge in [-0.2, -0.15) is 4.31 Å². The quantitative estimate of drug-likeness (QED) is 0.679. The van der Waals surface area contributed by atoms with Crippen molar-refractivity contribution < 1.29 is 18.0 Å². The van der Waals surface area contributed by atoms with E-state index in [0.29, 0.717) is 57.0 Å². The highest BCUT2D eigenvalue weighted by Gasteiger charge is 2.34. The van der Waals surface area contributed by atoms with Crippen molar-refractivity contribution in [1.29, 1.82) is 0 Å². The van der Waals surface area contributed by atoms with Crippen LogP contribution >= 0.6 is 0 Å². The van der Waals surface area contributed by atoms with E-state index in [-0.39, 0.29) is 17.7 Å². The van der Waals surface area contributed by atoms with Crippen molar-refractivity contribution in [2.45, 2.75) is 24.2 Å². The highest BCUT2D eigenvalue weighted by atomic mass is 32.2. The summed E-state index contributed by atoms with van der Waals surface area (Å²) in [5.74, 6) is 0.0523. The summed E-state index contributed by atoms with van der Waals surface area (Å²) >= 11 is 0. The van der Waals surface area contributed by atoms with Crippen molar-refractivity contribution in [2.75, 3.05) is 59.9 Å². The fourth-order valence-corrected chi connectivity index (χ4v) is 5.52. The lowest BCUT2D eigenvalue weighted by Gasteiger charge is -2.33. The molecule has 0 spiro atoms. The number of hydrogen-bond acceptors (Lipinski definition) is 5. The predicted molar refractivity (Wildman–Crippen MR) is 114 cm³/mol. The number of rotatable bonds is 5. The summed E-state index contributed by atoms with van der Waals surface area (Å²) in [6.45, 7) is 3.90. The second-order valence-electron chi connectivity index (χ2n) is 8.23. The summed E-state index contributed by atoms with van der Waals surface area (Å²) < 4.78 is 27.0. The lowest BCUT2D eigenvalue weighted by Crippen LogP contribution is -2.45. The van der Waals surface area contributed by atoms with Crippen LogP contribution in [0.15, 0.2) is 35.2 Å². The van der Waals surface area contributed by atoms with Crippen molar-refractivity contribution in [3.63, 3.8) is 0 Å². The maximum Gasteiger partial charge on any atom is 0.243 e.